The molecule has 0 saturated heterocycles. The molecule has 0 bridgehead atoms. The number of carbonyl (C=O) groups is 1. The second-order valence-corrected chi connectivity index (χ2v) is 6.63. The van der Waals surface area contributed by atoms with E-state index in [1.165, 1.54) is 35.2 Å². The Morgan fingerprint density at radius 1 is 0.935 bits per heavy atom. The Morgan fingerprint density at radius 2 is 1.68 bits per heavy atom. The van der Waals surface area contributed by atoms with E-state index >= 15 is 0 Å². The van der Waals surface area contributed by atoms with Crippen molar-refractivity contribution < 1.29 is 27.1 Å². The van der Waals surface area contributed by atoms with Crippen molar-refractivity contribution in [1.29, 1.82) is 0 Å². The number of rotatable bonds is 5. The number of hydrogen-bond donors (Lipinski definition) is 0. The predicted molar refractivity (Wildman–Crippen MR) is 103 cm³/mol. The van der Waals surface area contributed by atoms with Gasteiger partial charge in [0.1, 0.15) is 23.7 Å². The van der Waals surface area contributed by atoms with Crippen molar-refractivity contribution >= 4 is 17.2 Å². The summed E-state index contributed by atoms with van der Waals surface area (Å²) in [5.41, 5.74) is -0.296. The van der Waals surface area contributed by atoms with Crippen LogP contribution in [0.1, 0.15) is 15.9 Å². The van der Waals surface area contributed by atoms with Gasteiger partial charge in [0.15, 0.2) is 17.4 Å². The van der Waals surface area contributed by atoms with Gasteiger partial charge in [0.25, 0.3) is 5.56 Å². The van der Waals surface area contributed by atoms with Gasteiger partial charge in [0.05, 0.1) is 23.8 Å². The summed E-state index contributed by atoms with van der Waals surface area (Å²) >= 11 is 0. The Labute approximate surface area is 172 Å². The molecule has 0 radical (unpaired) electrons. The summed E-state index contributed by atoms with van der Waals surface area (Å²) in [6.45, 7) is -0.0352. The van der Waals surface area contributed by atoms with Crippen molar-refractivity contribution in [1.82, 2.24) is 9.55 Å². The highest BCUT2D eigenvalue weighted by atomic mass is 19.1. The zero-order chi connectivity index (χ0) is 22.1. The van der Waals surface area contributed by atoms with Crippen LogP contribution >= 0.6 is 0 Å². The summed E-state index contributed by atoms with van der Waals surface area (Å²) in [7, 11) is 0. The number of benzene rings is 3. The summed E-state index contributed by atoms with van der Waals surface area (Å²) in [5, 5.41) is 0.0628. The van der Waals surface area contributed by atoms with E-state index in [0.717, 1.165) is 24.3 Å². The summed E-state index contributed by atoms with van der Waals surface area (Å²) in [5.74, 6) is -4.42. The third kappa shape index (κ3) is 4.02. The van der Waals surface area contributed by atoms with Crippen LogP contribution in [0.5, 0.6) is 11.5 Å². The Balaban J connectivity index is 1.73. The lowest BCUT2D eigenvalue weighted by atomic mass is 10.2. The largest absolute Gasteiger partial charge is 0.451 e. The monoisotopic (exact) mass is 428 g/mol. The number of aldehydes is 1. The molecule has 156 valence electrons. The molecule has 4 aromatic rings. The van der Waals surface area contributed by atoms with Gasteiger partial charge in [0.2, 0.25) is 0 Å². The summed E-state index contributed by atoms with van der Waals surface area (Å²) in [4.78, 5) is 26.7. The standard InChI is InChI=1S/C22H12F4N2O3/c23-14-2-1-13(17(24)7-14)9-28-11-27-22(30)16-8-15(3-4-20(16)28)31-21-18(25)5-12(10-29)6-19(21)26/h1-8,10-11H,9H2. The van der Waals surface area contributed by atoms with Gasteiger partial charge in [-0.25, -0.2) is 17.6 Å². The van der Waals surface area contributed by atoms with Gasteiger partial charge in [0, 0.05) is 17.2 Å². The van der Waals surface area contributed by atoms with Crippen LogP contribution in [0.15, 0.2) is 59.7 Å². The van der Waals surface area contributed by atoms with Gasteiger partial charge >= 0.3 is 0 Å². The highest BCUT2D eigenvalue weighted by molar-refractivity contribution is 5.80. The third-order valence-corrected chi connectivity index (χ3v) is 4.55. The van der Waals surface area contributed by atoms with Gasteiger partial charge in [-0.1, -0.05) is 6.07 Å². The minimum absolute atomic E-state index is 0.0352. The molecule has 31 heavy (non-hydrogen) atoms. The number of halogens is 4. The molecule has 0 amide bonds. The van der Waals surface area contributed by atoms with Crippen molar-refractivity contribution in [3.8, 4) is 11.5 Å². The van der Waals surface area contributed by atoms with E-state index < -0.39 is 34.6 Å². The third-order valence-electron chi connectivity index (χ3n) is 4.55. The zero-order valence-electron chi connectivity index (χ0n) is 15.6. The Hall–Kier alpha value is -4.01. The first-order chi connectivity index (χ1) is 14.9. The second kappa shape index (κ2) is 8.02. The molecular formula is C22H12F4N2O3. The molecule has 4 rings (SSSR count). The van der Waals surface area contributed by atoms with E-state index in [1.807, 2.05) is 0 Å². The molecule has 0 fully saturated rings. The fourth-order valence-corrected chi connectivity index (χ4v) is 3.08. The lowest BCUT2D eigenvalue weighted by Gasteiger charge is -2.13. The average Bonchev–Trinajstić information content (AvgIpc) is 2.74. The summed E-state index contributed by atoms with van der Waals surface area (Å²) in [6.07, 6.45) is 1.51. The molecular weight excluding hydrogens is 416 g/mol. The Kier molecular flexibility index (Phi) is 5.24. The molecule has 0 aliphatic rings. The maximum absolute atomic E-state index is 14.1. The van der Waals surface area contributed by atoms with Crippen LogP contribution in [0.25, 0.3) is 10.9 Å². The normalized spacial score (nSPS) is 11.0. The first kappa shape index (κ1) is 20.3. The first-order valence-electron chi connectivity index (χ1n) is 8.91. The fraction of sp³-hybridized carbons (Fsp3) is 0.0455. The SMILES string of the molecule is O=Cc1cc(F)c(Oc2ccc3c(c2)c(=O)ncn3Cc2ccc(F)cc2F)c(F)c1. The van der Waals surface area contributed by atoms with Crippen molar-refractivity contribution in [2.75, 3.05) is 0 Å². The van der Waals surface area contributed by atoms with Crippen LogP contribution in [0.4, 0.5) is 17.6 Å². The molecule has 0 unspecified atom stereocenters. The number of aromatic nitrogens is 2. The smallest absolute Gasteiger partial charge is 0.280 e. The molecule has 9 heteroatoms. The lowest BCUT2D eigenvalue weighted by Crippen LogP contribution is -2.13. The maximum Gasteiger partial charge on any atom is 0.280 e. The zero-order valence-corrected chi connectivity index (χ0v) is 15.6. The number of hydrogen-bond acceptors (Lipinski definition) is 4. The average molecular weight is 428 g/mol. The van der Waals surface area contributed by atoms with Crippen LogP contribution in [0.3, 0.4) is 0 Å². The molecule has 0 aliphatic carbocycles. The van der Waals surface area contributed by atoms with Gasteiger partial charge in [-0.3, -0.25) is 9.59 Å². The Bertz CT molecular complexity index is 1360. The molecule has 1 aromatic heterocycles. The van der Waals surface area contributed by atoms with E-state index in [-0.39, 0.29) is 28.8 Å². The van der Waals surface area contributed by atoms with Crippen molar-refractivity contribution in [3.05, 3.63) is 99.6 Å². The summed E-state index contributed by atoms with van der Waals surface area (Å²) in [6, 6.07) is 8.84. The van der Waals surface area contributed by atoms with Crippen LogP contribution < -0.4 is 10.3 Å². The molecule has 0 aliphatic heterocycles. The summed E-state index contributed by atoms with van der Waals surface area (Å²) < 4.78 is 62.0. The quantitative estimate of drug-likeness (QED) is 0.344. The number of ether oxygens (including phenoxy) is 1. The van der Waals surface area contributed by atoms with Gasteiger partial charge in [-0.2, -0.15) is 4.98 Å². The van der Waals surface area contributed by atoms with E-state index in [9.17, 15) is 27.2 Å². The molecule has 3 aromatic carbocycles. The fourth-order valence-electron chi connectivity index (χ4n) is 3.08. The predicted octanol–water partition coefficient (Wildman–Crippen LogP) is 4.61. The van der Waals surface area contributed by atoms with Crippen LogP contribution in [0.2, 0.25) is 0 Å². The van der Waals surface area contributed by atoms with E-state index in [1.54, 1.807) is 0 Å². The second-order valence-electron chi connectivity index (χ2n) is 6.63. The molecule has 0 saturated carbocycles. The molecule has 0 N–H and O–H groups in total. The highest BCUT2D eigenvalue weighted by Crippen LogP contribution is 2.30. The first-order valence-corrected chi connectivity index (χ1v) is 8.91. The van der Waals surface area contributed by atoms with E-state index in [0.29, 0.717) is 11.8 Å². The number of nitrogens with zero attached hydrogens (tertiary/aromatic N) is 2. The van der Waals surface area contributed by atoms with Crippen molar-refractivity contribution in [2.24, 2.45) is 0 Å². The topological polar surface area (TPSA) is 61.2 Å². The number of fused-ring (bicyclic) bond motifs is 1. The van der Waals surface area contributed by atoms with Crippen LogP contribution in [-0.4, -0.2) is 15.8 Å². The minimum Gasteiger partial charge on any atom is -0.451 e. The molecule has 5 nitrogen and oxygen atoms in total. The maximum atomic E-state index is 14.1. The highest BCUT2D eigenvalue weighted by Gasteiger charge is 2.15. The van der Waals surface area contributed by atoms with Gasteiger partial charge < -0.3 is 9.30 Å². The Morgan fingerprint density at radius 3 is 2.35 bits per heavy atom. The lowest BCUT2D eigenvalue weighted by molar-refractivity contribution is 0.112. The van der Waals surface area contributed by atoms with Crippen LogP contribution in [0, 0.1) is 23.3 Å². The van der Waals surface area contributed by atoms with E-state index in [4.69, 9.17) is 4.74 Å². The van der Waals surface area contributed by atoms with Gasteiger partial charge in [-0.15, -0.1) is 0 Å². The van der Waals surface area contributed by atoms with Crippen molar-refractivity contribution in [3.63, 3.8) is 0 Å². The minimum atomic E-state index is -1.09. The number of carbonyl (C=O) groups excluding carboxylic acids is 1. The van der Waals surface area contributed by atoms with Crippen molar-refractivity contribution in [2.45, 2.75) is 6.54 Å². The molecule has 0 atom stereocenters. The van der Waals surface area contributed by atoms with Gasteiger partial charge in [-0.05, 0) is 36.4 Å². The van der Waals surface area contributed by atoms with Crippen LogP contribution in [-0.2, 0) is 6.54 Å². The molecule has 1 heterocycles. The van der Waals surface area contributed by atoms with E-state index in [2.05, 4.69) is 4.98 Å². The molecule has 0 spiro atoms.